The summed E-state index contributed by atoms with van der Waals surface area (Å²) in [5.74, 6) is 0.714. The largest absolute Gasteiger partial charge is 0.490 e. The molecule has 1 fully saturated rings. The van der Waals surface area contributed by atoms with E-state index >= 15 is 0 Å². The van der Waals surface area contributed by atoms with Gasteiger partial charge in [-0.15, -0.1) is 0 Å². The fourth-order valence-electron chi connectivity index (χ4n) is 5.41. The van der Waals surface area contributed by atoms with Crippen molar-refractivity contribution in [1.82, 2.24) is 9.80 Å². The molecule has 3 aromatic carbocycles. The molecule has 2 heterocycles. The van der Waals surface area contributed by atoms with Crippen molar-refractivity contribution in [2.24, 2.45) is 5.92 Å². The second-order valence-electron chi connectivity index (χ2n) is 9.86. The highest BCUT2D eigenvalue weighted by Gasteiger charge is 2.34. The molecule has 2 aliphatic rings. The standard InChI is InChI=1S/C29H32N2O4/c1-19-6-3-7-20(2)27(19)35-18-23(32)17-30-14-12-21(13-15-30)16-31-28(33)24-10-4-8-22-9-5-11-25(26(22)24)29(31)34/h3-11,21,23,32H,12-18H2,1-2H3/t23-/m0/s1. The molecule has 1 saturated heterocycles. The van der Waals surface area contributed by atoms with Gasteiger partial charge in [-0.25, -0.2) is 0 Å². The summed E-state index contributed by atoms with van der Waals surface area (Å²) in [6.07, 6.45) is 1.19. The van der Waals surface area contributed by atoms with Gasteiger partial charge in [0.15, 0.2) is 0 Å². The van der Waals surface area contributed by atoms with Gasteiger partial charge in [-0.3, -0.25) is 14.5 Å². The summed E-state index contributed by atoms with van der Waals surface area (Å²) in [5.41, 5.74) is 3.36. The van der Waals surface area contributed by atoms with Crippen LogP contribution in [0.3, 0.4) is 0 Å². The molecule has 182 valence electrons. The van der Waals surface area contributed by atoms with E-state index < -0.39 is 6.10 Å². The van der Waals surface area contributed by atoms with Gasteiger partial charge >= 0.3 is 0 Å². The number of aliphatic hydroxyl groups is 1. The second-order valence-corrected chi connectivity index (χ2v) is 9.86. The number of aryl methyl sites for hydroxylation is 2. The molecule has 0 aliphatic carbocycles. The van der Waals surface area contributed by atoms with Crippen molar-refractivity contribution in [2.75, 3.05) is 32.8 Å². The Morgan fingerprint density at radius 2 is 1.49 bits per heavy atom. The third-order valence-electron chi connectivity index (χ3n) is 7.30. The molecular formula is C29H32N2O4. The first-order chi connectivity index (χ1) is 16.9. The van der Waals surface area contributed by atoms with Crippen molar-refractivity contribution in [3.05, 3.63) is 76.9 Å². The molecule has 6 heteroatoms. The van der Waals surface area contributed by atoms with Gasteiger partial charge in [-0.1, -0.05) is 42.5 Å². The molecule has 0 aromatic heterocycles. The Morgan fingerprint density at radius 3 is 2.09 bits per heavy atom. The van der Waals surface area contributed by atoms with E-state index in [0.29, 0.717) is 24.2 Å². The lowest BCUT2D eigenvalue weighted by Gasteiger charge is -2.36. The van der Waals surface area contributed by atoms with Crippen LogP contribution in [0.25, 0.3) is 10.8 Å². The lowest BCUT2D eigenvalue weighted by Crippen LogP contribution is -2.46. The van der Waals surface area contributed by atoms with Crippen LogP contribution in [0.1, 0.15) is 44.7 Å². The summed E-state index contributed by atoms with van der Waals surface area (Å²) in [5, 5.41) is 12.2. The molecule has 5 rings (SSSR count). The lowest BCUT2D eigenvalue weighted by atomic mass is 9.91. The average molecular weight is 473 g/mol. The first kappa shape index (κ1) is 23.5. The van der Waals surface area contributed by atoms with Crippen molar-refractivity contribution < 1.29 is 19.4 Å². The maximum atomic E-state index is 13.2. The third kappa shape index (κ3) is 4.68. The molecule has 6 nitrogen and oxygen atoms in total. The monoisotopic (exact) mass is 472 g/mol. The minimum Gasteiger partial charge on any atom is -0.490 e. The maximum absolute atomic E-state index is 13.2. The smallest absolute Gasteiger partial charge is 0.261 e. The van der Waals surface area contributed by atoms with Crippen molar-refractivity contribution in [1.29, 1.82) is 0 Å². The number of benzene rings is 3. The molecule has 2 amide bonds. The van der Waals surface area contributed by atoms with E-state index in [-0.39, 0.29) is 24.3 Å². The Bertz CT molecular complexity index is 1190. The van der Waals surface area contributed by atoms with E-state index in [1.807, 2.05) is 68.4 Å². The maximum Gasteiger partial charge on any atom is 0.261 e. The first-order valence-corrected chi connectivity index (χ1v) is 12.4. The number of piperidine rings is 1. The summed E-state index contributed by atoms with van der Waals surface area (Å²) >= 11 is 0. The molecule has 0 spiro atoms. The number of para-hydroxylation sites is 1. The zero-order valence-corrected chi connectivity index (χ0v) is 20.4. The quantitative estimate of drug-likeness (QED) is 0.522. The summed E-state index contributed by atoms with van der Waals surface area (Å²) in [6.45, 7) is 6.92. The highest BCUT2D eigenvalue weighted by molar-refractivity contribution is 6.25. The fraction of sp³-hybridized carbons (Fsp3) is 0.379. The zero-order chi connectivity index (χ0) is 24.5. The van der Waals surface area contributed by atoms with Crippen molar-refractivity contribution in [3.63, 3.8) is 0 Å². The number of aliphatic hydroxyl groups excluding tert-OH is 1. The molecule has 1 N–H and O–H groups in total. The highest BCUT2D eigenvalue weighted by atomic mass is 16.5. The van der Waals surface area contributed by atoms with Crippen molar-refractivity contribution >= 4 is 22.6 Å². The minimum atomic E-state index is -0.576. The van der Waals surface area contributed by atoms with Crippen molar-refractivity contribution in [3.8, 4) is 5.75 Å². The molecule has 0 radical (unpaired) electrons. The third-order valence-corrected chi connectivity index (χ3v) is 7.30. The van der Waals surface area contributed by atoms with Gasteiger partial charge in [-0.05, 0) is 74.3 Å². The van der Waals surface area contributed by atoms with Gasteiger partial charge in [0.05, 0.1) is 0 Å². The van der Waals surface area contributed by atoms with E-state index in [2.05, 4.69) is 4.90 Å². The zero-order valence-electron chi connectivity index (χ0n) is 20.4. The predicted molar refractivity (Wildman–Crippen MR) is 136 cm³/mol. The van der Waals surface area contributed by atoms with Crippen LogP contribution in [0.5, 0.6) is 5.75 Å². The van der Waals surface area contributed by atoms with E-state index in [4.69, 9.17) is 4.74 Å². The van der Waals surface area contributed by atoms with Crippen molar-refractivity contribution in [2.45, 2.75) is 32.8 Å². The molecule has 0 unspecified atom stereocenters. The Hall–Kier alpha value is -3.22. The molecule has 0 bridgehead atoms. The van der Waals surface area contributed by atoms with Crippen LogP contribution in [-0.2, 0) is 0 Å². The minimum absolute atomic E-state index is 0.194. The molecule has 3 aromatic rings. The second kappa shape index (κ2) is 9.80. The number of rotatable bonds is 7. The Kier molecular flexibility index (Phi) is 6.58. The number of likely N-dealkylation sites (tertiary alicyclic amines) is 1. The number of imide groups is 1. The average Bonchev–Trinajstić information content (AvgIpc) is 2.86. The number of ether oxygens (including phenoxy) is 1. The van der Waals surface area contributed by atoms with E-state index in [1.165, 1.54) is 4.90 Å². The van der Waals surface area contributed by atoms with Gasteiger partial charge in [0, 0.05) is 29.6 Å². The summed E-state index contributed by atoms with van der Waals surface area (Å²) in [7, 11) is 0. The molecular weight excluding hydrogens is 440 g/mol. The molecule has 0 saturated carbocycles. The van der Waals surface area contributed by atoms with Crippen LogP contribution >= 0.6 is 0 Å². The Morgan fingerprint density at radius 1 is 0.914 bits per heavy atom. The molecule has 35 heavy (non-hydrogen) atoms. The van der Waals surface area contributed by atoms with Crippen LogP contribution in [0.4, 0.5) is 0 Å². The molecule has 2 aliphatic heterocycles. The summed E-state index contributed by atoms with van der Waals surface area (Å²) in [6, 6.07) is 17.3. The molecule has 1 atom stereocenters. The summed E-state index contributed by atoms with van der Waals surface area (Å²) < 4.78 is 5.91. The van der Waals surface area contributed by atoms with Gasteiger partial charge in [0.1, 0.15) is 18.5 Å². The van der Waals surface area contributed by atoms with Crippen LogP contribution in [0.15, 0.2) is 54.6 Å². The van der Waals surface area contributed by atoms with E-state index in [0.717, 1.165) is 53.6 Å². The van der Waals surface area contributed by atoms with Gasteiger partial charge in [-0.2, -0.15) is 0 Å². The number of hydrogen-bond donors (Lipinski definition) is 1. The number of β-amino-alcohol motifs (C(OH)–C–C–N with tert-alkyl or cyclic N) is 1. The number of amides is 2. The van der Waals surface area contributed by atoms with Crippen LogP contribution in [-0.4, -0.2) is 65.6 Å². The van der Waals surface area contributed by atoms with E-state index in [1.54, 1.807) is 0 Å². The topological polar surface area (TPSA) is 70.1 Å². The fourth-order valence-corrected chi connectivity index (χ4v) is 5.41. The number of carbonyl (C=O) groups excluding carboxylic acids is 2. The normalized spacial score (nSPS) is 17.7. The van der Waals surface area contributed by atoms with E-state index in [9.17, 15) is 14.7 Å². The Labute approximate surface area is 206 Å². The van der Waals surface area contributed by atoms with Gasteiger partial charge < -0.3 is 14.7 Å². The van der Waals surface area contributed by atoms with Crippen LogP contribution < -0.4 is 4.74 Å². The van der Waals surface area contributed by atoms with Crippen LogP contribution in [0, 0.1) is 19.8 Å². The van der Waals surface area contributed by atoms with Gasteiger partial charge in [0.25, 0.3) is 11.8 Å². The number of nitrogens with zero attached hydrogens (tertiary/aromatic N) is 2. The number of carbonyl (C=O) groups is 2. The first-order valence-electron chi connectivity index (χ1n) is 12.4. The summed E-state index contributed by atoms with van der Waals surface area (Å²) in [4.78, 5) is 30.0. The van der Waals surface area contributed by atoms with Crippen LogP contribution in [0.2, 0.25) is 0 Å². The Balaban J connectivity index is 1.15. The lowest BCUT2D eigenvalue weighted by molar-refractivity contribution is 0.0452. The highest BCUT2D eigenvalue weighted by Crippen LogP contribution is 2.31. The number of hydrogen-bond acceptors (Lipinski definition) is 5. The predicted octanol–water partition coefficient (Wildman–Crippen LogP) is 4.20. The van der Waals surface area contributed by atoms with Gasteiger partial charge in [0.2, 0.25) is 0 Å². The SMILES string of the molecule is Cc1cccc(C)c1OC[C@@H](O)CN1CCC(CN2C(=O)c3cccc4cccc(c34)C2=O)CC1.